The third-order valence-corrected chi connectivity index (χ3v) is 2.40. The van der Waals surface area contributed by atoms with Crippen molar-refractivity contribution in [2.75, 3.05) is 0 Å². The van der Waals surface area contributed by atoms with E-state index in [0.29, 0.717) is 22.6 Å². The van der Waals surface area contributed by atoms with Gasteiger partial charge in [-0.25, -0.2) is 0 Å². The minimum atomic E-state index is -0.113. The van der Waals surface area contributed by atoms with Crippen molar-refractivity contribution >= 4 is 5.78 Å². The number of benzene rings is 1. The molecule has 90 valence electrons. The Labute approximate surface area is 104 Å². The molecule has 5 heteroatoms. The quantitative estimate of drug-likeness (QED) is 0.773. The fourth-order valence-corrected chi connectivity index (χ4v) is 1.55. The third kappa shape index (κ3) is 2.38. The summed E-state index contributed by atoms with van der Waals surface area (Å²) in [6, 6.07) is 6.74. The molecule has 0 fully saturated rings. The largest absolute Gasteiger partial charge is 0.453 e. The fourth-order valence-electron chi connectivity index (χ4n) is 1.55. The molecule has 0 aliphatic heterocycles. The lowest BCUT2D eigenvalue weighted by Crippen LogP contribution is -1.97. The summed E-state index contributed by atoms with van der Waals surface area (Å²) >= 11 is 0. The van der Waals surface area contributed by atoms with Gasteiger partial charge in [0, 0.05) is 7.05 Å². The first-order valence-corrected chi connectivity index (χ1v) is 5.31. The Morgan fingerprint density at radius 1 is 1.50 bits per heavy atom. The first-order chi connectivity index (χ1) is 8.60. The monoisotopic (exact) mass is 241 g/mol. The van der Waals surface area contributed by atoms with Crippen molar-refractivity contribution in [3.8, 4) is 17.6 Å². The van der Waals surface area contributed by atoms with Crippen LogP contribution in [0.15, 0.2) is 30.6 Å². The molecule has 0 saturated carbocycles. The number of nitrogens with zero attached hydrogens (tertiary/aromatic N) is 3. The van der Waals surface area contributed by atoms with E-state index in [1.54, 1.807) is 42.3 Å². The number of carbonyl (C=O) groups excluding carboxylic acids is 1. The van der Waals surface area contributed by atoms with Gasteiger partial charge in [0.05, 0.1) is 29.6 Å². The highest BCUT2D eigenvalue weighted by Gasteiger charge is 2.11. The highest BCUT2D eigenvalue weighted by atomic mass is 16.5. The van der Waals surface area contributed by atoms with Crippen molar-refractivity contribution in [2.24, 2.45) is 7.05 Å². The summed E-state index contributed by atoms with van der Waals surface area (Å²) in [5, 5.41) is 12.8. The summed E-state index contributed by atoms with van der Waals surface area (Å²) in [6.07, 6.45) is 3.23. The zero-order chi connectivity index (χ0) is 13.1. The maximum absolute atomic E-state index is 11.5. The zero-order valence-electron chi connectivity index (χ0n) is 10.0. The molecular weight excluding hydrogens is 230 g/mol. The fraction of sp³-hybridized carbons (Fsp3) is 0.154. The van der Waals surface area contributed by atoms with Gasteiger partial charge in [-0.2, -0.15) is 10.4 Å². The van der Waals surface area contributed by atoms with E-state index >= 15 is 0 Å². The Kier molecular flexibility index (Phi) is 3.11. The van der Waals surface area contributed by atoms with Crippen LogP contribution in [0.3, 0.4) is 0 Å². The van der Waals surface area contributed by atoms with Crippen LogP contribution in [-0.4, -0.2) is 15.6 Å². The van der Waals surface area contributed by atoms with Crippen LogP contribution in [0.1, 0.15) is 22.8 Å². The molecule has 0 atom stereocenters. The SMILES string of the molecule is CC(=O)c1ccc(C#N)cc1Oc1cnn(C)c1. The van der Waals surface area contributed by atoms with Crippen molar-refractivity contribution in [1.82, 2.24) is 9.78 Å². The summed E-state index contributed by atoms with van der Waals surface area (Å²) < 4.78 is 7.17. The van der Waals surface area contributed by atoms with Crippen LogP contribution >= 0.6 is 0 Å². The van der Waals surface area contributed by atoms with Crippen LogP contribution in [0, 0.1) is 11.3 Å². The van der Waals surface area contributed by atoms with Crippen LogP contribution in [-0.2, 0) is 7.05 Å². The van der Waals surface area contributed by atoms with Gasteiger partial charge < -0.3 is 4.74 Å². The van der Waals surface area contributed by atoms with Gasteiger partial charge in [-0.1, -0.05) is 0 Å². The zero-order valence-corrected chi connectivity index (χ0v) is 10.0. The molecule has 0 unspecified atom stereocenters. The number of hydrogen-bond acceptors (Lipinski definition) is 4. The van der Waals surface area contributed by atoms with Gasteiger partial charge in [0.2, 0.25) is 0 Å². The molecule has 0 aliphatic rings. The minimum Gasteiger partial charge on any atom is -0.453 e. The average molecular weight is 241 g/mol. The number of ether oxygens (including phenoxy) is 1. The maximum atomic E-state index is 11.5. The topological polar surface area (TPSA) is 67.9 Å². The summed E-state index contributed by atoms with van der Waals surface area (Å²) in [5.74, 6) is 0.781. The molecule has 5 nitrogen and oxygen atoms in total. The van der Waals surface area contributed by atoms with Crippen LogP contribution in [0.4, 0.5) is 0 Å². The first kappa shape index (κ1) is 11.9. The lowest BCUT2D eigenvalue weighted by Gasteiger charge is -2.07. The van der Waals surface area contributed by atoms with Crippen LogP contribution in [0.25, 0.3) is 0 Å². The predicted octanol–water partition coefficient (Wildman–Crippen LogP) is 2.29. The van der Waals surface area contributed by atoms with Crippen molar-refractivity contribution < 1.29 is 9.53 Å². The summed E-state index contributed by atoms with van der Waals surface area (Å²) in [7, 11) is 1.77. The molecule has 2 aromatic rings. The van der Waals surface area contributed by atoms with Gasteiger partial charge in [0.15, 0.2) is 11.5 Å². The second kappa shape index (κ2) is 4.72. The number of rotatable bonds is 3. The van der Waals surface area contributed by atoms with Gasteiger partial charge in [-0.15, -0.1) is 0 Å². The molecule has 0 amide bonds. The number of aryl methyl sites for hydroxylation is 1. The van der Waals surface area contributed by atoms with Crippen LogP contribution in [0.2, 0.25) is 0 Å². The van der Waals surface area contributed by atoms with E-state index in [1.807, 2.05) is 6.07 Å². The molecule has 18 heavy (non-hydrogen) atoms. The Morgan fingerprint density at radius 3 is 2.83 bits per heavy atom. The molecule has 0 radical (unpaired) electrons. The molecule has 0 N–H and O–H groups in total. The lowest BCUT2D eigenvalue weighted by molar-refractivity contribution is 0.101. The van der Waals surface area contributed by atoms with Crippen LogP contribution in [0.5, 0.6) is 11.5 Å². The number of aromatic nitrogens is 2. The average Bonchev–Trinajstić information content (AvgIpc) is 2.74. The first-order valence-electron chi connectivity index (χ1n) is 5.31. The second-order valence-electron chi connectivity index (χ2n) is 3.83. The van der Waals surface area contributed by atoms with E-state index in [2.05, 4.69) is 5.10 Å². The predicted molar refractivity (Wildman–Crippen MR) is 64.4 cm³/mol. The maximum Gasteiger partial charge on any atom is 0.165 e. The summed E-state index contributed by atoms with van der Waals surface area (Å²) in [6.45, 7) is 1.46. The molecule has 0 aliphatic carbocycles. The molecular formula is C13H11N3O2. The van der Waals surface area contributed by atoms with Gasteiger partial charge in [0.1, 0.15) is 5.75 Å². The van der Waals surface area contributed by atoms with E-state index in [1.165, 1.54) is 6.92 Å². The lowest BCUT2D eigenvalue weighted by atomic mass is 10.1. The molecule has 0 saturated heterocycles. The number of carbonyl (C=O) groups is 1. The van der Waals surface area contributed by atoms with Crippen LogP contribution < -0.4 is 4.74 Å². The molecule has 1 aromatic carbocycles. The molecule has 2 rings (SSSR count). The number of ketones is 1. The number of hydrogen-bond donors (Lipinski definition) is 0. The van der Waals surface area contributed by atoms with Gasteiger partial charge in [0.25, 0.3) is 0 Å². The van der Waals surface area contributed by atoms with Gasteiger partial charge in [-0.05, 0) is 25.1 Å². The highest BCUT2D eigenvalue weighted by molar-refractivity contribution is 5.97. The minimum absolute atomic E-state index is 0.113. The van der Waals surface area contributed by atoms with Crippen molar-refractivity contribution in [3.05, 3.63) is 41.7 Å². The van der Waals surface area contributed by atoms with E-state index in [-0.39, 0.29) is 5.78 Å². The van der Waals surface area contributed by atoms with Crippen molar-refractivity contribution in [2.45, 2.75) is 6.92 Å². The Morgan fingerprint density at radius 2 is 2.28 bits per heavy atom. The summed E-state index contributed by atoms with van der Waals surface area (Å²) in [4.78, 5) is 11.5. The number of nitriles is 1. The smallest absolute Gasteiger partial charge is 0.165 e. The summed E-state index contributed by atoms with van der Waals surface area (Å²) in [5.41, 5.74) is 0.886. The van der Waals surface area contributed by atoms with E-state index in [4.69, 9.17) is 10.00 Å². The third-order valence-electron chi connectivity index (χ3n) is 2.40. The Bertz CT molecular complexity index is 638. The standard InChI is InChI=1S/C13H11N3O2/c1-9(17)12-4-3-10(6-14)5-13(12)18-11-7-15-16(2)8-11/h3-5,7-8H,1-2H3. The van der Waals surface area contributed by atoms with Crippen molar-refractivity contribution in [1.29, 1.82) is 5.26 Å². The van der Waals surface area contributed by atoms with E-state index in [0.717, 1.165) is 0 Å². The molecule has 1 heterocycles. The van der Waals surface area contributed by atoms with Crippen molar-refractivity contribution in [3.63, 3.8) is 0 Å². The molecule has 0 spiro atoms. The molecule has 0 bridgehead atoms. The van der Waals surface area contributed by atoms with Gasteiger partial charge in [-0.3, -0.25) is 9.48 Å². The number of Topliss-reactive ketones (excluding diaryl/α,β-unsaturated/α-hetero) is 1. The second-order valence-corrected chi connectivity index (χ2v) is 3.83. The Balaban J connectivity index is 2.41. The van der Waals surface area contributed by atoms with E-state index < -0.39 is 0 Å². The highest BCUT2D eigenvalue weighted by Crippen LogP contribution is 2.26. The molecule has 1 aromatic heterocycles. The van der Waals surface area contributed by atoms with Gasteiger partial charge >= 0.3 is 0 Å². The normalized spacial score (nSPS) is 9.83. The van der Waals surface area contributed by atoms with E-state index in [9.17, 15) is 4.79 Å². The Hall–Kier alpha value is -2.61.